The smallest absolute Gasteiger partial charge is 0.268 e. The van der Waals surface area contributed by atoms with Crippen LogP contribution in [0.15, 0.2) is 10.7 Å². The highest BCUT2D eigenvalue weighted by Crippen LogP contribution is 2.36. The second kappa shape index (κ2) is 4.50. The summed E-state index contributed by atoms with van der Waals surface area (Å²) in [5.74, 6) is 0.130. The van der Waals surface area contributed by atoms with Crippen LogP contribution < -0.4 is 4.74 Å². The molecular formula is C7H5BrF2INO. The number of nitrogens with zero attached hydrogens (tertiary/aromatic N) is 1. The fraction of sp³-hybridized carbons (Fsp3) is 0.286. The molecule has 0 spiro atoms. The number of ether oxygens (including phenoxy) is 1. The fourth-order valence-corrected chi connectivity index (χ4v) is 1.96. The molecule has 1 heterocycles. The van der Waals surface area contributed by atoms with Crippen LogP contribution in [0.2, 0.25) is 0 Å². The maximum atomic E-state index is 12.5. The third-order valence-corrected chi connectivity index (χ3v) is 2.80. The minimum Gasteiger partial charge on any atom is -0.493 e. The third-order valence-electron chi connectivity index (χ3n) is 1.40. The highest BCUT2D eigenvalue weighted by Gasteiger charge is 2.20. The summed E-state index contributed by atoms with van der Waals surface area (Å²) < 4.78 is 30.6. The van der Waals surface area contributed by atoms with Crippen LogP contribution in [0.1, 0.15) is 12.0 Å². The van der Waals surface area contributed by atoms with Gasteiger partial charge in [0.15, 0.2) is 5.75 Å². The van der Waals surface area contributed by atoms with Crippen LogP contribution in [0.5, 0.6) is 5.75 Å². The van der Waals surface area contributed by atoms with E-state index in [9.17, 15) is 8.78 Å². The lowest BCUT2D eigenvalue weighted by Gasteiger charge is -2.10. The number of hydrogen-bond acceptors (Lipinski definition) is 2. The van der Waals surface area contributed by atoms with Crippen molar-refractivity contribution in [3.05, 3.63) is 19.9 Å². The molecule has 0 fully saturated rings. The van der Waals surface area contributed by atoms with Crippen LogP contribution >= 0.6 is 38.5 Å². The van der Waals surface area contributed by atoms with Gasteiger partial charge in [-0.25, -0.2) is 13.8 Å². The maximum Gasteiger partial charge on any atom is 0.268 e. The van der Waals surface area contributed by atoms with Gasteiger partial charge in [0.25, 0.3) is 6.43 Å². The Kier molecular flexibility index (Phi) is 3.84. The van der Waals surface area contributed by atoms with Gasteiger partial charge in [0.2, 0.25) is 0 Å². The summed E-state index contributed by atoms with van der Waals surface area (Å²) in [6.07, 6.45) is -1.23. The molecule has 0 bridgehead atoms. The molecule has 0 aliphatic carbocycles. The van der Waals surface area contributed by atoms with Gasteiger partial charge in [-0.2, -0.15) is 0 Å². The zero-order chi connectivity index (χ0) is 10.0. The summed E-state index contributed by atoms with van der Waals surface area (Å²) >= 11 is 4.84. The summed E-state index contributed by atoms with van der Waals surface area (Å²) in [4.78, 5) is 3.87. The first-order valence-corrected chi connectivity index (χ1v) is 5.11. The van der Waals surface area contributed by atoms with Crippen molar-refractivity contribution in [3.63, 3.8) is 0 Å². The van der Waals surface area contributed by atoms with E-state index in [2.05, 4.69) is 20.9 Å². The summed E-state index contributed by atoms with van der Waals surface area (Å²) in [7, 11) is 1.34. The molecule has 0 aliphatic heterocycles. The van der Waals surface area contributed by atoms with Crippen LogP contribution in [0, 0.1) is 3.70 Å². The number of halogens is 4. The van der Waals surface area contributed by atoms with Gasteiger partial charge in [0.1, 0.15) is 3.70 Å². The Hall–Kier alpha value is 0.0200. The van der Waals surface area contributed by atoms with Gasteiger partial charge < -0.3 is 4.74 Å². The number of methoxy groups -OCH3 is 1. The van der Waals surface area contributed by atoms with Crippen LogP contribution in [-0.2, 0) is 0 Å². The molecule has 1 aromatic heterocycles. The quantitative estimate of drug-likeness (QED) is 0.593. The van der Waals surface area contributed by atoms with Crippen LogP contribution in [0.25, 0.3) is 0 Å². The van der Waals surface area contributed by atoms with Crippen molar-refractivity contribution in [2.75, 3.05) is 7.11 Å². The molecule has 13 heavy (non-hydrogen) atoms. The highest BCUT2D eigenvalue weighted by molar-refractivity contribution is 14.1. The molecule has 0 atom stereocenters. The Morgan fingerprint density at radius 3 is 2.62 bits per heavy atom. The lowest BCUT2D eigenvalue weighted by atomic mass is 10.2. The first kappa shape index (κ1) is 11.1. The van der Waals surface area contributed by atoms with E-state index in [1.54, 1.807) is 0 Å². The van der Waals surface area contributed by atoms with Crippen LogP contribution in [0.3, 0.4) is 0 Å². The molecule has 1 rings (SSSR count). The van der Waals surface area contributed by atoms with Crippen molar-refractivity contribution in [1.82, 2.24) is 4.98 Å². The Balaban J connectivity index is 3.35. The molecule has 0 saturated carbocycles. The summed E-state index contributed by atoms with van der Waals surface area (Å²) in [6.45, 7) is 0. The monoisotopic (exact) mass is 363 g/mol. The van der Waals surface area contributed by atoms with Crippen LogP contribution in [-0.4, -0.2) is 12.1 Å². The molecule has 0 aliphatic rings. The van der Waals surface area contributed by atoms with E-state index in [1.807, 2.05) is 22.6 Å². The second-order valence-electron chi connectivity index (χ2n) is 2.14. The van der Waals surface area contributed by atoms with E-state index in [4.69, 9.17) is 4.74 Å². The summed E-state index contributed by atoms with van der Waals surface area (Å²) in [5.41, 5.74) is -0.151. The Bertz CT molecular complexity index is 322. The van der Waals surface area contributed by atoms with E-state index >= 15 is 0 Å². The van der Waals surface area contributed by atoms with Crippen LogP contribution in [0.4, 0.5) is 8.78 Å². The van der Waals surface area contributed by atoms with Gasteiger partial charge in [-0.1, -0.05) is 0 Å². The molecular weight excluding hydrogens is 359 g/mol. The molecule has 0 saturated heterocycles. The van der Waals surface area contributed by atoms with Gasteiger partial charge >= 0.3 is 0 Å². The lowest BCUT2D eigenvalue weighted by molar-refractivity contribution is 0.145. The number of alkyl halides is 2. The molecule has 0 N–H and O–H groups in total. The van der Waals surface area contributed by atoms with Crippen molar-refractivity contribution in [2.45, 2.75) is 6.43 Å². The van der Waals surface area contributed by atoms with Gasteiger partial charge in [0, 0.05) is 10.7 Å². The number of hydrogen-bond donors (Lipinski definition) is 0. The van der Waals surface area contributed by atoms with Gasteiger partial charge in [-0.15, -0.1) is 0 Å². The minimum atomic E-state index is -2.57. The molecule has 2 nitrogen and oxygen atoms in total. The van der Waals surface area contributed by atoms with Gasteiger partial charge in [-0.05, 0) is 38.5 Å². The Labute approximate surface area is 96.0 Å². The van der Waals surface area contributed by atoms with Crippen molar-refractivity contribution in [3.8, 4) is 5.75 Å². The van der Waals surface area contributed by atoms with E-state index in [0.717, 1.165) is 0 Å². The van der Waals surface area contributed by atoms with E-state index in [1.165, 1.54) is 13.3 Å². The first-order valence-electron chi connectivity index (χ1n) is 3.24. The molecule has 0 aromatic carbocycles. The van der Waals surface area contributed by atoms with Gasteiger partial charge in [0.05, 0.1) is 12.7 Å². The van der Waals surface area contributed by atoms with Crippen molar-refractivity contribution in [1.29, 1.82) is 0 Å². The number of pyridine rings is 1. The zero-order valence-electron chi connectivity index (χ0n) is 6.52. The lowest BCUT2D eigenvalue weighted by Crippen LogP contribution is -1.98. The molecule has 0 radical (unpaired) electrons. The Morgan fingerprint density at radius 1 is 1.62 bits per heavy atom. The Morgan fingerprint density at radius 2 is 2.23 bits per heavy atom. The molecule has 72 valence electrons. The largest absolute Gasteiger partial charge is 0.493 e. The molecule has 6 heteroatoms. The average molecular weight is 364 g/mol. The normalized spacial score (nSPS) is 10.6. The minimum absolute atomic E-state index is 0.130. The molecule has 0 amide bonds. The highest BCUT2D eigenvalue weighted by atomic mass is 127. The third kappa shape index (κ3) is 2.28. The maximum absolute atomic E-state index is 12.5. The van der Waals surface area contributed by atoms with E-state index in [-0.39, 0.29) is 15.8 Å². The van der Waals surface area contributed by atoms with Crippen molar-refractivity contribution in [2.24, 2.45) is 0 Å². The molecule has 0 unspecified atom stereocenters. The topological polar surface area (TPSA) is 22.1 Å². The number of rotatable bonds is 2. The van der Waals surface area contributed by atoms with Gasteiger partial charge in [-0.3, -0.25) is 0 Å². The van der Waals surface area contributed by atoms with Crippen molar-refractivity contribution >= 4 is 38.5 Å². The summed E-state index contributed by atoms with van der Waals surface area (Å²) in [6, 6.07) is 0. The van der Waals surface area contributed by atoms with E-state index in [0.29, 0.717) is 3.70 Å². The first-order chi connectivity index (χ1) is 6.07. The van der Waals surface area contributed by atoms with E-state index < -0.39 is 6.43 Å². The standard InChI is InChI=1S/C7H5BrF2INO/c1-13-5-4(6(9)10)3(8)2-12-7(5)11/h2,6H,1H3. The fourth-order valence-electron chi connectivity index (χ4n) is 0.859. The number of aromatic nitrogens is 1. The zero-order valence-corrected chi connectivity index (χ0v) is 10.3. The van der Waals surface area contributed by atoms with Crippen molar-refractivity contribution < 1.29 is 13.5 Å². The predicted octanol–water partition coefficient (Wildman–Crippen LogP) is 3.39. The summed E-state index contributed by atoms with van der Waals surface area (Å²) in [5, 5.41) is 0. The second-order valence-corrected chi connectivity index (χ2v) is 4.02. The predicted molar refractivity (Wildman–Crippen MR) is 56.2 cm³/mol. The molecule has 1 aromatic rings. The average Bonchev–Trinajstić information content (AvgIpc) is 2.07. The SMILES string of the molecule is COc1c(I)ncc(Br)c1C(F)F.